The van der Waals surface area contributed by atoms with Crippen molar-refractivity contribution in [2.24, 2.45) is 0 Å². The molecule has 2 heterocycles. The number of nitrogens with zero attached hydrogens (tertiary/aromatic N) is 3. The first kappa shape index (κ1) is 24.7. The molecule has 0 saturated carbocycles. The predicted molar refractivity (Wildman–Crippen MR) is 127 cm³/mol. The second kappa shape index (κ2) is 10.3. The Morgan fingerprint density at radius 2 is 1.85 bits per heavy atom. The zero-order valence-electron chi connectivity index (χ0n) is 19.0. The Morgan fingerprint density at radius 1 is 1.15 bits per heavy atom. The number of hydrogen-bond donors (Lipinski definition) is 2. The number of nitrogens with one attached hydrogen (secondary N) is 1. The van der Waals surface area contributed by atoms with Crippen LogP contribution in [0, 0.1) is 0 Å². The first-order chi connectivity index (χ1) is 15.7. The summed E-state index contributed by atoms with van der Waals surface area (Å²) in [5, 5.41) is 0. The molecule has 1 aliphatic heterocycles. The number of unbranched alkanes of at least 4 members (excludes halogenated alkanes) is 1. The van der Waals surface area contributed by atoms with Gasteiger partial charge in [-0.3, -0.25) is 19.1 Å². The molecule has 1 fully saturated rings. The summed E-state index contributed by atoms with van der Waals surface area (Å²) in [6.45, 7) is 5.18. The molecule has 11 heteroatoms. The van der Waals surface area contributed by atoms with Crippen molar-refractivity contribution in [1.82, 2.24) is 13.9 Å². The zero-order valence-corrected chi connectivity index (χ0v) is 19.9. The third-order valence-electron chi connectivity index (χ3n) is 5.70. The Bertz CT molecular complexity index is 1230. The van der Waals surface area contributed by atoms with Gasteiger partial charge in [0.05, 0.1) is 4.90 Å². The number of aromatic nitrogens is 2. The molecule has 180 valence electrons. The summed E-state index contributed by atoms with van der Waals surface area (Å²) in [7, 11) is -3.71. The Kier molecular flexibility index (Phi) is 7.75. The second-order valence-electron chi connectivity index (χ2n) is 8.09. The van der Waals surface area contributed by atoms with Crippen LogP contribution < -0.4 is 21.9 Å². The van der Waals surface area contributed by atoms with E-state index in [0.29, 0.717) is 32.5 Å². The Labute approximate surface area is 193 Å². The van der Waals surface area contributed by atoms with Crippen LogP contribution in [0.5, 0.6) is 0 Å². The van der Waals surface area contributed by atoms with Gasteiger partial charge in [-0.15, -0.1) is 0 Å². The number of hydrogen-bond acceptors (Lipinski definition) is 6. The van der Waals surface area contributed by atoms with E-state index >= 15 is 0 Å². The lowest BCUT2D eigenvalue weighted by Gasteiger charge is -2.24. The van der Waals surface area contributed by atoms with Crippen molar-refractivity contribution in [2.75, 3.05) is 30.3 Å². The number of nitrogens with two attached hydrogens (primary N) is 1. The first-order valence-corrected chi connectivity index (χ1v) is 12.7. The Balaban J connectivity index is 2.05. The first-order valence-electron chi connectivity index (χ1n) is 11.3. The van der Waals surface area contributed by atoms with Crippen LogP contribution in [0.3, 0.4) is 0 Å². The molecule has 1 aromatic carbocycles. The minimum Gasteiger partial charge on any atom is -0.383 e. The molecule has 1 amide bonds. The number of carbonyl (C=O) groups excluding carboxylic acids is 1. The minimum atomic E-state index is -3.71. The summed E-state index contributed by atoms with van der Waals surface area (Å²) < 4.78 is 28.6. The molecular formula is C22H31N5O5S. The van der Waals surface area contributed by atoms with E-state index in [4.69, 9.17) is 5.73 Å². The molecule has 3 N–H and O–H groups in total. The number of carbonyl (C=O) groups is 1. The number of benzene rings is 1. The maximum Gasteiger partial charge on any atom is 0.330 e. The number of sulfonamides is 1. The van der Waals surface area contributed by atoms with Crippen LogP contribution in [-0.2, 0) is 16.6 Å². The van der Waals surface area contributed by atoms with Gasteiger partial charge in [0, 0.05) is 31.7 Å². The van der Waals surface area contributed by atoms with Crippen LogP contribution in [0.15, 0.2) is 38.8 Å². The molecular weight excluding hydrogens is 446 g/mol. The standard InChI is InChI=1S/C22H31N5O5S/c1-3-5-14-27-19(23)18(20(28)24-22(27)30)26(11-4-2)21(29)16-9-8-10-17(15-16)33(31,32)25-12-6-7-13-25/h8-10,15H,3-7,11-14,23H2,1-2H3,(H,24,28,30). The van der Waals surface area contributed by atoms with Gasteiger partial charge < -0.3 is 10.6 Å². The van der Waals surface area contributed by atoms with Crippen molar-refractivity contribution in [1.29, 1.82) is 0 Å². The van der Waals surface area contributed by atoms with Crippen molar-refractivity contribution in [3.63, 3.8) is 0 Å². The van der Waals surface area contributed by atoms with Gasteiger partial charge in [0.15, 0.2) is 5.69 Å². The van der Waals surface area contributed by atoms with Crippen LogP contribution in [0.4, 0.5) is 11.5 Å². The molecule has 1 saturated heterocycles. The highest BCUT2D eigenvalue weighted by Crippen LogP contribution is 2.24. The smallest absolute Gasteiger partial charge is 0.330 e. The molecule has 0 unspecified atom stereocenters. The van der Waals surface area contributed by atoms with Gasteiger partial charge in [0.1, 0.15) is 5.82 Å². The summed E-state index contributed by atoms with van der Waals surface area (Å²) in [6.07, 6.45) is 3.62. The van der Waals surface area contributed by atoms with Gasteiger partial charge in [-0.2, -0.15) is 4.31 Å². The monoisotopic (exact) mass is 477 g/mol. The van der Waals surface area contributed by atoms with Crippen LogP contribution in [-0.4, -0.2) is 47.8 Å². The summed E-state index contributed by atoms with van der Waals surface area (Å²) in [5.74, 6) is -0.645. The highest BCUT2D eigenvalue weighted by Gasteiger charge is 2.29. The van der Waals surface area contributed by atoms with Gasteiger partial charge in [-0.25, -0.2) is 13.2 Å². The van der Waals surface area contributed by atoms with E-state index in [0.717, 1.165) is 19.3 Å². The fourth-order valence-electron chi connectivity index (χ4n) is 3.94. The highest BCUT2D eigenvalue weighted by atomic mass is 32.2. The van der Waals surface area contributed by atoms with Crippen molar-refractivity contribution in [3.8, 4) is 0 Å². The summed E-state index contributed by atoms with van der Waals surface area (Å²) in [6, 6.07) is 5.80. The van der Waals surface area contributed by atoms with Gasteiger partial charge in [0.2, 0.25) is 10.0 Å². The van der Waals surface area contributed by atoms with E-state index < -0.39 is 27.2 Å². The average molecular weight is 478 g/mol. The maximum absolute atomic E-state index is 13.5. The lowest BCUT2D eigenvalue weighted by molar-refractivity contribution is 0.0986. The van der Waals surface area contributed by atoms with E-state index in [9.17, 15) is 22.8 Å². The van der Waals surface area contributed by atoms with Crippen LogP contribution in [0.25, 0.3) is 0 Å². The number of anilines is 2. The summed E-state index contributed by atoms with van der Waals surface area (Å²) >= 11 is 0. The number of amides is 1. The lowest BCUT2D eigenvalue weighted by Crippen LogP contribution is -2.41. The minimum absolute atomic E-state index is 0.0292. The number of rotatable bonds is 9. The Morgan fingerprint density at radius 3 is 2.48 bits per heavy atom. The van der Waals surface area contributed by atoms with Crippen molar-refractivity contribution in [2.45, 2.75) is 57.4 Å². The molecule has 0 spiro atoms. The second-order valence-corrected chi connectivity index (χ2v) is 10.0. The molecule has 0 aliphatic carbocycles. The molecule has 0 radical (unpaired) electrons. The third kappa shape index (κ3) is 5.03. The molecule has 1 aliphatic rings. The van der Waals surface area contributed by atoms with Gasteiger partial charge in [-0.1, -0.05) is 26.3 Å². The van der Waals surface area contributed by atoms with E-state index in [2.05, 4.69) is 4.98 Å². The van der Waals surface area contributed by atoms with Crippen molar-refractivity contribution in [3.05, 3.63) is 50.7 Å². The maximum atomic E-state index is 13.5. The lowest BCUT2D eigenvalue weighted by atomic mass is 10.2. The van der Waals surface area contributed by atoms with E-state index in [-0.39, 0.29) is 28.5 Å². The Hall–Kier alpha value is -2.92. The van der Waals surface area contributed by atoms with Crippen molar-refractivity contribution >= 4 is 27.4 Å². The molecule has 1 aromatic heterocycles. The summed E-state index contributed by atoms with van der Waals surface area (Å²) in [5.41, 5.74) is 4.83. The number of H-pyrrole nitrogens is 1. The number of aromatic amines is 1. The zero-order chi connectivity index (χ0) is 24.2. The topological polar surface area (TPSA) is 139 Å². The van der Waals surface area contributed by atoms with E-state index in [1.807, 2.05) is 13.8 Å². The normalized spacial score (nSPS) is 14.5. The predicted octanol–water partition coefficient (Wildman–Crippen LogP) is 1.76. The SMILES string of the molecule is CCCCn1c(N)c(N(CCC)C(=O)c2cccc(S(=O)(=O)N3CCCC3)c2)c(=O)[nH]c1=O. The van der Waals surface area contributed by atoms with Crippen molar-refractivity contribution < 1.29 is 13.2 Å². The highest BCUT2D eigenvalue weighted by molar-refractivity contribution is 7.89. The fraction of sp³-hybridized carbons (Fsp3) is 0.500. The molecule has 0 bridgehead atoms. The number of nitrogen functional groups attached to an aromatic ring is 1. The van der Waals surface area contributed by atoms with Gasteiger partial charge >= 0.3 is 5.69 Å². The summed E-state index contributed by atoms with van der Waals surface area (Å²) in [4.78, 5) is 41.9. The van der Waals surface area contributed by atoms with Crippen LogP contribution in [0.2, 0.25) is 0 Å². The molecule has 10 nitrogen and oxygen atoms in total. The van der Waals surface area contributed by atoms with Crippen LogP contribution in [0.1, 0.15) is 56.3 Å². The molecule has 0 atom stereocenters. The van der Waals surface area contributed by atoms with Crippen LogP contribution >= 0.6 is 0 Å². The average Bonchev–Trinajstić information content (AvgIpc) is 3.34. The van der Waals surface area contributed by atoms with Gasteiger partial charge in [0.25, 0.3) is 11.5 Å². The molecule has 3 rings (SSSR count). The molecule has 2 aromatic rings. The van der Waals surface area contributed by atoms with Gasteiger partial charge in [-0.05, 0) is 43.9 Å². The quantitative estimate of drug-likeness (QED) is 0.564. The molecule has 33 heavy (non-hydrogen) atoms. The van der Waals surface area contributed by atoms with E-state index in [1.165, 1.54) is 38.0 Å². The van der Waals surface area contributed by atoms with E-state index in [1.54, 1.807) is 0 Å². The third-order valence-corrected chi connectivity index (χ3v) is 7.59. The largest absolute Gasteiger partial charge is 0.383 e. The fourth-order valence-corrected chi connectivity index (χ4v) is 5.50.